The molecule has 0 aromatic carbocycles. The van der Waals surface area contributed by atoms with Crippen molar-refractivity contribution >= 4 is 11.8 Å². The second-order valence-electron chi connectivity index (χ2n) is 3.90. The molecule has 0 bridgehead atoms. The topological polar surface area (TPSA) is 62.3 Å². The van der Waals surface area contributed by atoms with Crippen molar-refractivity contribution in [3.63, 3.8) is 0 Å². The second-order valence-corrected chi connectivity index (χ2v) is 3.90. The Morgan fingerprint density at radius 2 is 2.24 bits per heavy atom. The van der Waals surface area contributed by atoms with Crippen LogP contribution in [0.2, 0.25) is 0 Å². The van der Waals surface area contributed by atoms with Gasteiger partial charge in [-0.25, -0.2) is 9.99 Å². The number of hydrogen-bond donors (Lipinski definition) is 2. The van der Waals surface area contributed by atoms with E-state index in [1.54, 1.807) is 6.20 Å². The molecule has 1 aliphatic rings. The van der Waals surface area contributed by atoms with Crippen LogP contribution in [0.1, 0.15) is 13.3 Å². The molecule has 6 heteroatoms. The third-order valence-electron chi connectivity index (χ3n) is 2.47. The lowest BCUT2D eigenvalue weighted by Gasteiger charge is -2.27. The molecule has 2 heterocycles. The van der Waals surface area contributed by atoms with Gasteiger partial charge in [-0.05, 0) is 6.42 Å². The lowest BCUT2D eigenvalue weighted by Crippen LogP contribution is -2.40. The summed E-state index contributed by atoms with van der Waals surface area (Å²) in [5.74, 6) is 1.49. The normalized spacial score (nSPS) is 16.8. The van der Waals surface area contributed by atoms with Crippen molar-refractivity contribution < 1.29 is 4.74 Å². The molecular weight excluding hydrogens is 218 g/mol. The Kier molecular flexibility index (Phi) is 4.52. The Bertz CT molecular complexity index is 340. The zero-order valence-electron chi connectivity index (χ0n) is 10.1. The number of nitrogens with one attached hydrogen (secondary N) is 2. The first-order valence-corrected chi connectivity index (χ1v) is 6.05. The third-order valence-corrected chi connectivity index (χ3v) is 2.47. The molecule has 1 aromatic rings. The van der Waals surface area contributed by atoms with Crippen LogP contribution in [-0.4, -0.2) is 47.8 Å². The quantitative estimate of drug-likeness (QED) is 0.795. The smallest absolute Gasteiger partial charge is 0.224 e. The molecule has 0 radical (unpaired) electrons. The summed E-state index contributed by atoms with van der Waals surface area (Å²) in [4.78, 5) is 8.55. The van der Waals surface area contributed by atoms with Crippen molar-refractivity contribution in [3.05, 3.63) is 12.3 Å². The van der Waals surface area contributed by atoms with Crippen molar-refractivity contribution in [2.24, 2.45) is 0 Å². The highest BCUT2D eigenvalue weighted by Crippen LogP contribution is 2.08. The lowest BCUT2D eigenvalue weighted by atomic mass is 10.5. The van der Waals surface area contributed by atoms with E-state index in [1.165, 1.54) is 0 Å². The fourth-order valence-corrected chi connectivity index (χ4v) is 1.58. The number of hydrogen-bond acceptors (Lipinski definition) is 6. The van der Waals surface area contributed by atoms with Crippen LogP contribution in [0.15, 0.2) is 12.3 Å². The van der Waals surface area contributed by atoms with Crippen molar-refractivity contribution in [2.45, 2.75) is 13.3 Å². The fraction of sp³-hybridized carbons (Fsp3) is 0.636. The summed E-state index contributed by atoms with van der Waals surface area (Å²) in [7, 11) is 0. The summed E-state index contributed by atoms with van der Waals surface area (Å²) in [6.07, 6.45) is 2.82. The highest BCUT2D eigenvalue weighted by molar-refractivity contribution is 5.38. The first-order chi connectivity index (χ1) is 8.38. The van der Waals surface area contributed by atoms with Crippen LogP contribution in [0.3, 0.4) is 0 Å². The molecule has 1 saturated heterocycles. The second kappa shape index (κ2) is 6.36. The standard InChI is InChI=1S/C11H19N5O/c1-2-4-12-11-13-5-3-10(14-11)15-16-6-8-17-9-7-16/h3,5H,2,4,6-9H2,1H3,(H2,12,13,14,15). The summed E-state index contributed by atoms with van der Waals surface area (Å²) in [6, 6.07) is 1.87. The summed E-state index contributed by atoms with van der Waals surface area (Å²) in [6.45, 7) is 6.28. The molecule has 2 rings (SSSR count). The van der Waals surface area contributed by atoms with Gasteiger partial charge in [-0.2, -0.15) is 4.98 Å². The van der Waals surface area contributed by atoms with E-state index in [0.717, 1.165) is 45.1 Å². The van der Waals surface area contributed by atoms with Gasteiger partial charge in [-0.15, -0.1) is 0 Å². The van der Waals surface area contributed by atoms with Crippen molar-refractivity contribution in [1.82, 2.24) is 15.0 Å². The molecule has 2 N–H and O–H groups in total. The maximum Gasteiger partial charge on any atom is 0.224 e. The van der Waals surface area contributed by atoms with E-state index in [9.17, 15) is 0 Å². The third kappa shape index (κ3) is 3.83. The van der Waals surface area contributed by atoms with Gasteiger partial charge >= 0.3 is 0 Å². The minimum atomic E-state index is 0.671. The monoisotopic (exact) mass is 237 g/mol. The van der Waals surface area contributed by atoms with Crippen LogP contribution in [0.4, 0.5) is 11.8 Å². The molecule has 0 spiro atoms. The van der Waals surface area contributed by atoms with Gasteiger partial charge in [-0.3, -0.25) is 0 Å². The zero-order chi connectivity index (χ0) is 11.9. The number of rotatable bonds is 5. The van der Waals surface area contributed by atoms with Crippen molar-refractivity contribution in [3.8, 4) is 0 Å². The van der Waals surface area contributed by atoms with Crippen LogP contribution in [0.5, 0.6) is 0 Å². The number of nitrogens with zero attached hydrogens (tertiary/aromatic N) is 3. The minimum Gasteiger partial charge on any atom is -0.379 e. The number of morpholine rings is 1. The highest BCUT2D eigenvalue weighted by Gasteiger charge is 2.10. The molecule has 6 nitrogen and oxygen atoms in total. The maximum atomic E-state index is 5.29. The van der Waals surface area contributed by atoms with Gasteiger partial charge in [0.1, 0.15) is 5.82 Å². The summed E-state index contributed by atoms with van der Waals surface area (Å²) in [5, 5.41) is 5.27. The predicted molar refractivity (Wildman–Crippen MR) is 66.8 cm³/mol. The van der Waals surface area contributed by atoms with E-state index in [0.29, 0.717) is 5.95 Å². The van der Waals surface area contributed by atoms with Gasteiger partial charge in [-0.1, -0.05) is 6.92 Å². The largest absolute Gasteiger partial charge is 0.379 e. The molecule has 0 amide bonds. The minimum absolute atomic E-state index is 0.671. The molecule has 17 heavy (non-hydrogen) atoms. The molecule has 0 atom stereocenters. The molecular formula is C11H19N5O. The average molecular weight is 237 g/mol. The van der Waals surface area contributed by atoms with Gasteiger partial charge in [0.25, 0.3) is 0 Å². The predicted octanol–water partition coefficient (Wildman–Crippen LogP) is 0.958. The molecule has 0 saturated carbocycles. The average Bonchev–Trinajstić information content (AvgIpc) is 2.38. The van der Waals surface area contributed by atoms with E-state index in [2.05, 4.69) is 32.6 Å². The Labute approximate surface area is 101 Å². The van der Waals surface area contributed by atoms with Crippen LogP contribution in [-0.2, 0) is 4.74 Å². The Morgan fingerprint density at radius 3 is 3.00 bits per heavy atom. The highest BCUT2D eigenvalue weighted by atomic mass is 16.5. The number of anilines is 2. The first-order valence-electron chi connectivity index (χ1n) is 6.05. The fourth-order valence-electron chi connectivity index (χ4n) is 1.58. The summed E-state index contributed by atoms with van der Waals surface area (Å²) < 4.78 is 5.29. The van der Waals surface area contributed by atoms with Crippen LogP contribution in [0, 0.1) is 0 Å². The van der Waals surface area contributed by atoms with Crippen LogP contribution in [0.25, 0.3) is 0 Å². The van der Waals surface area contributed by atoms with Gasteiger partial charge in [0.05, 0.1) is 13.2 Å². The Balaban J connectivity index is 1.90. The van der Waals surface area contributed by atoms with E-state index < -0.39 is 0 Å². The van der Waals surface area contributed by atoms with Gasteiger partial charge in [0.15, 0.2) is 0 Å². The van der Waals surface area contributed by atoms with Gasteiger partial charge in [0.2, 0.25) is 5.95 Å². The SMILES string of the molecule is CCCNc1nccc(NN2CCOCC2)n1. The number of hydrazine groups is 1. The summed E-state index contributed by atoms with van der Waals surface area (Å²) in [5.41, 5.74) is 3.26. The zero-order valence-corrected chi connectivity index (χ0v) is 10.1. The van der Waals surface area contributed by atoms with E-state index >= 15 is 0 Å². The Morgan fingerprint density at radius 1 is 1.41 bits per heavy atom. The van der Waals surface area contributed by atoms with Crippen LogP contribution < -0.4 is 10.7 Å². The maximum absolute atomic E-state index is 5.29. The van der Waals surface area contributed by atoms with E-state index in [4.69, 9.17) is 4.74 Å². The number of aromatic nitrogens is 2. The molecule has 0 unspecified atom stereocenters. The molecule has 1 fully saturated rings. The summed E-state index contributed by atoms with van der Waals surface area (Å²) >= 11 is 0. The molecule has 0 aliphatic carbocycles. The van der Waals surface area contributed by atoms with Crippen molar-refractivity contribution in [2.75, 3.05) is 43.6 Å². The van der Waals surface area contributed by atoms with Gasteiger partial charge < -0.3 is 15.5 Å². The molecule has 94 valence electrons. The molecule has 1 aliphatic heterocycles. The molecule has 1 aromatic heterocycles. The van der Waals surface area contributed by atoms with Gasteiger partial charge in [0, 0.05) is 31.9 Å². The Hall–Kier alpha value is -1.40. The van der Waals surface area contributed by atoms with E-state index in [-0.39, 0.29) is 0 Å². The number of ether oxygens (including phenoxy) is 1. The lowest BCUT2D eigenvalue weighted by molar-refractivity contribution is 0.0495. The van der Waals surface area contributed by atoms with Crippen molar-refractivity contribution in [1.29, 1.82) is 0 Å². The van der Waals surface area contributed by atoms with E-state index in [1.807, 2.05) is 6.07 Å². The first kappa shape index (κ1) is 12.1. The van der Waals surface area contributed by atoms with Crippen LogP contribution >= 0.6 is 0 Å².